The normalized spacial score (nSPS) is 18.6. The molecule has 1 atom stereocenters. The first kappa shape index (κ1) is 16.2. The summed E-state index contributed by atoms with van der Waals surface area (Å²) in [4.78, 5) is 35.6. The first-order valence-corrected chi connectivity index (χ1v) is 9.41. The highest BCUT2D eigenvalue weighted by Crippen LogP contribution is 2.21. The molecule has 4 rings (SSSR count). The average Bonchev–Trinajstić information content (AvgIpc) is 3.12. The van der Waals surface area contributed by atoms with Gasteiger partial charge in [-0.15, -0.1) is 11.3 Å². The smallest absolute Gasteiger partial charge is 0.305 e. The largest absolute Gasteiger partial charge is 0.328 e. The van der Waals surface area contributed by atoms with Gasteiger partial charge in [-0.25, -0.2) is 9.78 Å². The van der Waals surface area contributed by atoms with Crippen LogP contribution < -0.4 is 11.2 Å². The molecule has 1 aliphatic rings. The minimum absolute atomic E-state index is 0.297. The summed E-state index contributed by atoms with van der Waals surface area (Å²) in [5.74, 6) is 0.300. The molecule has 25 heavy (non-hydrogen) atoms. The number of aromatic amines is 1. The van der Waals surface area contributed by atoms with E-state index in [1.165, 1.54) is 9.44 Å². The maximum absolute atomic E-state index is 12.6. The number of hydrogen-bond donors (Lipinski definition) is 1. The second-order valence-corrected chi connectivity index (χ2v) is 7.60. The summed E-state index contributed by atoms with van der Waals surface area (Å²) in [6.07, 6.45) is 3.71. The van der Waals surface area contributed by atoms with Crippen LogP contribution in [-0.4, -0.2) is 32.5 Å². The maximum Gasteiger partial charge on any atom is 0.328 e. The van der Waals surface area contributed by atoms with Crippen molar-refractivity contribution in [3.05, 3.63) is 61.6 Å². The van der Waals surface area contributed by atoms with Crippen molar-refractivity contribution in [2.45, 2.75) is 25.9 Å². The number of pyridine rings is 1. The predicted octanol–water partition coefficient (Wildman–Crippen LogP) is 2.06. The quantitative estimate of drug-likeness (QED) is 0.777. The second kappa shape index (κ2) is 6.93. The van der Waals surface area contributed by atoms with E-state index >= 15 is 0 Å². The van der Waals surface area contributed by atoms with Gasteiger partial charge in [0, 0.05) is 30.7 Å². The summed E-state index contributed by atoms with van der Waals surface area (Å²) in [7, 11) is 0. The molecule has 0 aliphatic carbocycles. The number of H-pyrrole nitrogens is 1. The molecule has 1 aliphatic heterocycles. The maximum atomic E-state index is 12.6. The number of piperidine rings is 1. The van der Waals surface area contributed by atoms with Crippen molar-refractivity contribution in [3.63, 3.8) is 0 Å². The molecule has 0 bridgehead atoms. The predicted molar refractivity (Wildman–Crippen MR) is 98.9 cm³/mol. The van der Waals surface area contributed by atoms with Gasteiger partial charge in [0.15, 0.2) is 5.52 Å². The third-order valence-corrected chi connectivity index (χ3v) is 5.61. The SMILES string of the molecule is O=c1[nH]c2cccnc2c(=O)n1CC1CCCN(Cc2cccs2)C1. The van der Waals surface area contributed by atoms with Crippen molar-refractivity contribution in [1.29, 1.82) is 0 Å². The van der Waals surface area contributed by atoms with Crippen LogP contribution in [0.2, 0.25) is 0 Å². The number of rotatable bonds is 4. The Bertz CT molecular complexity index is 977. The third-order valence-electron chi connectivity index (χ3n) is 4.75. The zero-order chi connectivity index (χ0) is 17.2. The molecule has 1 fully saturated rings. The summed E-state index contributed by atoms with van der Waals surface area (Å²) in [6.45, 7) is 3.36. The highest BCUT2D eigenvalue weighted by Gasteiger charge is 2.22. The molecule has 0 radical (unpaired) electrons. The van der Waals surface area contributed by atoms with Gasteiger partial charge < -0.3 is 4.98 Å². The van der Waals surface area contributed by atoms with Gasteiger partial charge in [-0.3, -0.25) is 14.3 Å². The lowest BCUT2D eigenvalue weighted by Crippen LogP contribution is -2.42. The fraction of sp³-hybridized carbons (Fsp3) is 0.389. The van der Waals surface area contributed by atoms with Crippen LogP contribution in [0.3, 0.4) is 0 Å². The molecule has 0 spiro atoms. The van der Waals surface area contributed by atoms with E-state index in [-0.39, 0.29) is 11.2 Å². The molecule has 1 saturated heterocycles. The molecule has 1 unspecified atom stereocenters. The molecule has 6 nitrogen and oxygen atoms in total. The van der Waals surface area contributed by atoms with Crippen LogP contribution in [0.4, 0.5) is 0 Å². The van der Waals surface area contributed by atoms with Crippen molar-refractivity contribution in [2.75, 3.05) is 13.1 Å². The highest BCUT2D eigenvalue weighted by molar-refractivity contribution is 7.09. The molecular weight excluding hydrogens is 336 g/mol. The van der Waals surface area contributed by atoms with Gasteiger partial charge in [0.25, 0.3) is 5.56 Å². The first-order valence-electron chi connectivity index (χ1n) is 8.53. The van der Waals surface area contributed by atoms with E-state index in [1.54, 1.807) is 29.7 Å². The average molecular weight is 356 g/mol. The fourth-order valence-electron chi connectivity index (χ4n) is 3.57. The number of fused-ring (bicyclic) bond motifs is 1. The van der Waals surface area contributed by atoms with Gasteiger partial charge in [-0.1, -0.05) is 6.07 Å². The Kier molecular flexibility index (Phi) is 4.50. The Morgan fingerprint density at radius 2 is 2.20 bits per heavy atom. The van der Waals surface area contributed by atoms with E-state index in [9.17, 15) is 9.59 Å². The summed E-state index contributed by atoms with van der Waals surface area (Å²) in [6, 6.07) is 7.64. The van der Waals surface area contributed by atoms with Gasteiger partial charge in [-0.2, -0.15) is 0 Å². The molecule has 1 N–H and O–H groups in total. The van der Waals surface area contributed by atoms with Crippen molar-refractivity contribution >= 4 is 22.4 Å². The van der Waals surface area contributed by atoms with Crippen molar-refractivity contribution < 1.29 is 0 Å². The summed E-state index contributed by atoms with van der Waals surface area (Å²) < 4.78 is 1.31. The summed E-state index contributed by atoms with van der Waals surface area (Å²) in [5, 5.41) is 2.10. The van der Waals surface area contributed by atoms with E-state index in [4.69, 9.17) is 0 Å². The molecule has 0 amide bonds. The van der Waals surface area contributed by atoms with E-state index in [0.29, 0.717) is 23.5 Å². The van der Waals surface area contributed by atoms with Crippen LogP contribution in [0, 0.1) is 5.92 Å². The van der Waals surface area contributed by atoms with Crippen LogP contribution in [-0.2, 0) is 13.1 Å². The van der Waals surface area contributed by atoms with Crippen LogP contribution >= 0.6 is 11.3 Å². The van der Waals surface area contributed by atoms with E-state index in [1.807, 2.05) is 0 Å². The molecule has 3 aromatic heterocycles. The Balaban J connectivity index is 1.54. The van der Waals surface area contributed by atoms with Crippen LogP contribution in [0.25, 0.3) is 11.0 Å². The number of hydrogen-bond acceptors (Lipinski definition) is 5. The highest BCUT2D eigenvalue weighted by atomic mass is 32.1. The molecular formula is C18H20N4O2S. The Labute approximate surface area is 148 Å². The molecule has 130 valence electrons. The Morgan fingerprint density at radius 3 is 3.04 bits per heavy atom. The van der Waals surface area contributed by atoms with E-state index in [2.05, 4.69) is 32.4 Å². The topological polar surface area (TPSA) is 71.0 Å². The van der Waals surface area contributed by atoms with Gasteiger partial charge in [0.1, 0.15) is 0 Å². The number of aromatic nitrogens is 3. The third kappa shape index (κ3) is 3.43. The lowest BCUT2D eigenvalue weighted by Gasteiger charge is -2.32. The number of nitrogens with one attached hydrogen (secondary N) is 1. The zero-order valence-corrected chi connectivity index (χ0v) is 14.7. The minimum Gasteiger partial charge on any atom is -0.305 e. The van der Waals surface area contributed by atoms with Gasteiger partial charge >= 0.3 is 5.69 Å². The number of nitrogens with zero attached hydrogens (tertiary/aromatic N) is 3. The monoisotopic (exact) mass is 356 g/mol. The Hall–Kier alpha value is -2.25. The van der Waals surface area contributed by atoms with Gasteiger partial charge in [-0.05, 0) is 48.9 Å². The van der Waals surface area contributed by atoms with Crippen molar-refractivity contribution in [3.8, 4) is 0 Å². The summed E-state index contributed by atoms with van der Waals surface area (Å²) in [5.41, 5.74) is 0.181. The van der Waals surface area contributed by atoms with Crippen LogP contribution in [0.15, 0.2) is 45.4 Å². The molecule has 0 aromatic carbocycles. The van der Waals surface area contributed by atoms with Crippen molar-refractivity contribution in [1.82, 2.24) is 19.4 Å². The van der Waals surface area contributed by atoms with Crippen LogP contribution in [0.5, 0.6) is 0 Å². The standard InChI is InChI=1S/C18H20N4O2S/c23-17-16-15(6-1-7-19-16)20-18(24)22(17)11-13-4-2-8-21(10-13)12-14-5-3-9-25-14/h1,3,5-7,9,13H,2,4,8,10-12H2,(H,20,24). The number of thiophene rings is 1. The Morgan fingerprint density at radius 1 is 1.28 bits per heavy atom. The molecule has 3 aromatic rings. The second-order valence-electron chi connectivity index (χ2n) is 6.57. The van der Waals surface area contributed by atoms with E-state index in [0.717, 1.165) is 32.5 Å². The molecule has 7 heteroatoms. The minimum atomic E-state index is -0.346. The molecule has 0 saturated carbocycles. The van der Waals surface area contributed by atoms with Crippen molar-refractivity contribution in [2.24, 2.45) is 5.92 Å². The van der Waals surface area contributed by atoms with Gasteiger partial charge in [0.05, 0.1) is 5.52 Å². The summed E-state index contributed by atoms with van der Waals surface area (Å²) >= 11 is 1.77. The van der Waals surface area contributed by atoms with E-state index < -0.39 is 0 Å². The fourth-order valence-corrected chi connectivity index (χ4v) is 4.32. The first-order chi connectivity index (χ1) is 12.2. The lowest BCUT2D eigenvalue weighted by atomic mass is 9.98. The lowest BCUT2D eigenvalue weighted by molar-refractivity contribution is 0.155. The molecule has 4 heterocycles. The number of likely N-dealkylation sites (tertiary alicyclic amines) is 1. The zero-order valence-electron chi connectivity index (χ0n) is 13.9. The van der Waals surface area contributed by atoms with Gasteiger partial charge in [0.2, 0.25) is 0 Å². The van der Waals surface area contributed by atoms with Crippen LogP contribution in [0.1, 0.15) is 17.7 Å².